The highest BCUT2D eigenvalue weighted by Gasteiger charge is 2.36. The molecule has 1 aromatic carbocycles. The van der Waals surface area contributed by atoms with E-state index in [0.29, 0.717) is 19.5 Å². The molecule has 3 amide bonds. The first-order valence-electron chi connectivity index (χ1n) is 12.2. The lowest BCUT2D eigenvalue weighted by Gasteiger charge is -2.35. The number of hydrogen-bond acceptors (Lipinski definition) is 5. The molecule has 0 aromatic heterocycles. The molecule has 1 aromatic rings. The second-order valence-electron chi connectivity index (χ2n) is 9.60. The first-order chi connectivity index (χ1) is 16.0. The fourth-order valence-corrected chi connectivity index (χ4v) is 3.54. The summed E-state index contributed by atoms with van der Waals surface area (Å²) in [6.45, 7) is 13.3. The van der Waals surface area contributed by atoms with Crippen LogP contribution in [0.3, 0.4) is 0 Å². The van der Waals surface area contributed by atoms with Crippen LogP contribution in [0.1, 0.15) is 83.0 Å². The van der Waals surface area contributed by atoms with Gasteiger partial charge < -0.3 is 25.4 Å². The van der Waals surface area contributed by atoms with E-state index in [0.717, 1.165) is 36.0 Å². The summed E-state index contributed by atoms with van der Waals surface area (Å²) in [5.41, 5.74) is 1.91. The molecule has 2 atom stereocenters. The first-order valence-corrected chi connectivity index (χ1v) is 12.2. The van der Waals surface area contributed by atoms with E-state index in [-0.39, 0.29) is 5.91 Å². The van der Waals surface area contributed by atoms with Crippen molar-refractivity contribution in [3.63, 3.8) is 0 Å². The van der Waals surface area contributed by atoms with Gasteiger partial charge in [-0.25, -0.2) is 4.79 Å². The van der Waals surface area contributed by atoms with Crippen LogP contribution in [-0.4, -0.2) is 59.3 Å². The number of aryl methyl sites for hydroxylation is 1. The first kappa shape index (κ1) is 29.4. The summed E-state index contributed by atoms with van der Waals surface area (Å²) in [6.07, 6.45) is 2.43. The lowest BCUT2D eigenvalue weighted by Crippen LogP contribution is -2.54. The average molecular weight is 478 g/mol. The third-order valence-corrected chi connectivity index (χ3v) is 5.54. The van der Waals surface area contributed by atoms with Crippen molar-refractivity contribution in [1.82, 2.24) is 15.5 Å². The van der Waals surface area contributed by atoms with Gasteiger partial charge in [0.25, 0.3) is 0 Å². The van der Waals surface area contributed by atoms with Gasteiger partial charge in [-0.2, -0.15) is 0 Å². The van der Waals surface area contributed by atoms with E-state index < -0.39 is 36.3 Å². The molecule has 0 aliphatic heterocycles. The number of benzene rings is 1. The van der Waals surface area contributed by atoms with E-state index >= 15 is 0 Å². The minimum atomic E-state index is -1.23. The SMILES string of the molecule is CCCCNC(=O)C(c1cccc(C)c1C)N(CCCC)C(=O)C(CO)NC(=O)OC(C)(C)C. The molecular formula is C26H43N3O5. The largest absolute Gasteiger partial charge is 0.444 e. The molecule has 8 heteroatoms. The maximum absolute atomic E-state index is 13.6. The Morgan fingerprint density at radius 2 is 1.74 bits per heavy atom. The van der Waals surface area contributed by atoms with Crippen LogP contribution in [0.25, 0.3) is 0 Å². The average Bonchev–Trinajstić information content (AvgIpc) is 2.75. The Morgan fingerprint density at radius 1 is 1.09 bits per heavy atom. The van der Waals surface area contributed by atoms with Crippen LogP contribution in [0.15, 0.2) is 18.2 Å². The molecule has 0 aliphatic carbocycles. The van der Waals surface area contributed by atoms with Crippen molar-refractivity contribution >= 4 is 17.9 Å². The Morgan fingerprint density at radius 3 is 2.29 bits per heavy atom. The summed E-state index contributed by atoms with van der Waals surface area (Å²) in [5, 5.41) is 15.4. The summed E-state index contributed by atoms with van der Waals surface area (Å²) >= 11 is 0. The number of hydrogen-bond donors (Lipinski definition) is 3. The third kappa shape index (κ3) is 8.97. The van der Waals surface area contributed by atoms with Crippen molar-refractivity contribution in [1.29, 1.82) is 0 Å². The van der Waals surface area contributed by atoms with Gasteiger partial charge in [-0.05, 0) is 64.2 Å². The number of amides is 3. The third-order valence-electron chi connectivity index (χ3n) is 5.54. The van der Waals surface area contributed by atoms with E-state index in [1.165, 1.54) is 4.90 Å². The van der Waals surface area contributed by atoms with Crippen LogP contribution >= 0.6 is 0 Å². The van der Waals surface area contributed by atoms with Gasteiger partial charge in [0.2, 0.25) is 11.8 Å². The quantitative estimate of drug-likeness (QED) is 0.397. The molecule has 192 valence electrons. The van der Waals surface area contributed by atoms with Gasteiger partial charge in [0.05, 0.1) is 6.61 Å². The van der Waals surface area contributed by atoms with Gasteiger partial charge in [-0.1, -0.05) is 44.9 Å². The van der Waals surface area contributed by atoms with Crippen molar-refractivity contribution in [3.05, 3.63) is 34.9 Å². The van der Waals surface area contributed by atoms with Gasteiger partial charge >= 0.3 is 6.09 Å². The van der Waals surface area contributed by atoms with Crippen molar-refractivity contribution in [2.24, 2.45) is 0 Å². The molecule has 34 heavy (non-hydrogen) atoms. The van der Waals surface area contributed by atoms with Crippen LogP contribution < -0.4 is 10.6 Å². The van der Waals surface area contributed by atoms with Gasteiger partial charge in [0.15, 0.2) is 0 Å². The monoisotopic (exact) mass is 477 g/mol. The van der Waals surface area contributed by atoms with Crippen molar-refractivity contribution in [2.75, 3.05) is 19.7 Å². The van der Waals surface area contributed by atoms with E-state index in [9.17, 15) is 19.5 Å². The summed E-state index contributed by atoms with van der Waals surface area (Å²) in [6, 6.07) is 3.57. The molecule has 0 bridgehead atoms. The maximum atomic E-state index is 13.6. The number of rotatable bonds is 12. The number of carbonyl (C=O) groups is 3. The van der Waals surface area contributed by atoms with Gasteiger partial charge in [-0.3, -0.25) is 9.59 Å². The molecule has 0 saturated heterocycles. The Kier molecular flexibility index (Phi) is 12.1. The fourth-order valence-electron chi connectivity index (χ4n) is 3.54. The summed E-state index contributed by atoms with van der Waals surface area (Å²) < 4.78 is 5.26. The molecule has 0 spiro atoms. The topological polar surface area (TPSA) is 108 Å². The van der Waals surface area contributed by atoms with Crippen LogP contribution in [0.5, 0.6) is 0 Å². The lowest BCUT2D eigenvalue weighted by molar-refractivity contribution is -0.143. The maximum Gasteiger partial charge on any atom is 0.408 e. The van der Waals surface area contributed by atoms with E-state index in [1.807, 2.05) is 45.9 Å². The van der Waals surface area contributed by atoms with Crippen LogP contribution in [0.2, 0.25) is 0 Å². The summed E-state index contributed by atoms with van der Waals surface area (Å²) in [4.78, 5) is 40.9. The number of carbonyl (C=O) groups excluding carboxylic acids is 3. The second-order valence-corrected chi connectivity index (χ2v) is 9.60. The van der Waals surface area contributed by atoms with Crippen molar-refractivity contribution in [2.45, 2.75) is 91.8 Å². The summed E-state index contributed by atoms with van der Waals surface area (Å²) in [5.74, 6) is -0.807. The number of unbranched alkanes of at least 4 members (excludes halogenated alkanes) is 2. The zero-order valence-corrected chi connectivity index (χ0v) is 21.9. The predicted octanol–water partition coefficient (Wildman–Crippen LogP) is 3.78. The molecule has 0 saturated carbocycles. The van der Waals surface area contributed by atoms with Crippen LogP contribution in [0, 0.1) is 13.8 Å². The molecule has 0 fully saturated rings. The molecule has 1 rings (SSSR count). The minimum Gasteiger partial charge on any atom is -0.444 e. The molecule has 0 heterocycles. The van der Waals surface area contributed by atoms with Gasteiger partial charge in [-0.15, -0.1) is 0 Å². The standard InChI is InChI=1S/C26H43N3O5/c1-8-10-15-27-23(31)22(20-14-12-13-18(3)19(20)4)29(16-11-9-2)24(32)21(17-30)28-25(33)34-26(5,6)7/h12-14,21-22,30H,8-11,15-17H2,1-7H3,(H,27,31)(H,28,33). The highest BCUT2D eigenvalue weighted by atomic mass is 16.6. The number of nitrogens with one attached hydrogen (secondary N) is 2. The molecule has 0 radical (unpaired) electrons. The zero-order chi connectivity index (χ0) is 25.9. The molecular weight excluding hydrogens is 434 g/mol. The van der Waals surface area contributed by atoms with Crippen molar-refractivity contribution in [3.8, 4) is 0 Å². The Labute approximate surface area is 204 Å². The second kappa shape index (κ2) is 13.9. The molecule has 3 N–H and O–H groups in total. The van der Waals surface area contributed by atoms with Gasteiger partial charge in [0.1, 0.15) is 17.7 Å². The van der Waals surface area contributed by atoms with Gasteiger partial charge in [0, 0.05) is 13.1 Å². The lowest BCUT2D eigenvalue weighted by atomic mass is 9.95. The minimum absolute atomic E-state index is 0.277. The van der Waals surface area contributed by atoms with E-state index in [2.05, 4.69) is 10.6 Å². The molecule has 8 nitrogen and oxygen atoms in total. The van der Waals surface area contributed by atoms with Crippen molar-refractivity contribution < 1.29 is 24.2 Å². The highest BCUT2D eigenvalue weighted by molar-refractivity contribution is 5.92. The van der Waals surface area contributed by atoms with E-state index in [1.54, 1.807) is 20.8 Å². The number of aliphatic hydroxyl groups excluding tert-OH is 1. The van der Waals surface area contributed by atoms with Crippen LogP contribution in [-0.2, 0) is 14.3 Å². The Balaban J connectivity index is 3.40. The summed E-state index contributed by atoms with van der Waals surface area (Å²) in [7, 11) is 0. The number of nitrogens with zero attached hydrogens (tertiary/aromatic N) is 1. The molecule has 2 unspecified atom stereocenters. The number of aliphatic hydroxyl groups is 1. The number of ether oxygens (including phenoxy) is 1. The normalized spacial score (nSPS) is 13.1. The Bertz CT molecular complexity index is 819. The molecule has 0 aliphatic rings. The predicted molar refractivity (Wildman–Crippen MR) is 133 cm³/mol. The smallest absolute Gasteiger partial charge is 0.408 e. The van der Waals surface area contributed by atoms with Crippen LogP contribution in [0.4, 0.5) is 4.79 Å². The zero-order valence-electron chi connectivity index (χ0n) is 21.9. The fraction of sp³-hybridized carbons (Fsp3) is 0.654. The highest BCUT2D eigenvalue weighted by Crippen LogP contribution is 2.27. The Hall–Kier alpha value is -2.61. The van der Waals surface area contributed by atoms with E-state index in [4.69, 9.17) is 4.74 Å². The number of alkyl carbamates (subject to hydrolysis) is 1.